The molecule has 0 aromatic heterocycles. The zero-order valence-corrected chi connectivity index (χ0v) is 7.92. The van der Waals surface area contributed by atoms with Crippen molar-refractivity contribution in [3.63, 3.8) is 0 Å². The fraction of sp³-hybridized carbons (Fsp3) is 1.00. The van der Waals surface area contributed by atoms with Gasteiger partial charge in [0.25, 0.3) is 0 Å². The smallest absolute Gasteiger partial charge is 0.0431 e. The molecule has 0 amide bonds. The Labute approximate surface area is 74.6 Å². The molecule has 0 radical (unpaired) electrons. The van der Waals surface area contributed by atoms with Crippen molar-refractivity contribution in [2.45, 2.75) is 25.7 Å². The lowest BCUT2D eigenvalue weighted by Gasteiger charge is -2.09. The molecule has 2 atom stereocenters. The molecule has 1 aliphatic carbocycles. The van der Waals surface area contributed by atoms with Crippen molar-refractivity contribution in [2.24, 2.45) is 11.3 Å². The van der Waals surface area contributed by atoms with Gasteiger partial charge in [-0.2, -0.15) is 0 Å². The molecule has 70 valence electrons. The van der Waals surface area contributed by atoms with Gasteiger partial charge in [0.2, 0.25) is 0 Å². The molecule has 0 aromatic rings. The van der Waals surface area contributed by atoms with Crippen LogP contribution in [-0.2, 0) is 0 Å². The highest BCUT2D eigenvalue weighted by molar-refractivity contribution is 5.06. The first-order chi connectivity index (χ1) is 5.77. The van der Waals surface area contributed by atoms with Crippen LogP contribution >= 0.6 is 0 Å². The van der Waals surface area contributed by atoms with E-state index in [9.17, 15) is 0 Å². The zero-order valence-electron chi connectivity index (χ0n) is 7.92. The molecule has 2 unspecified atom stereocenters. The van der Waals surface area contributed by atoms with Gasteiger partial charge in [-0.25, -0.2) is 0 Å². The SMILES string of the molecule is CN1CCC2(CC2CCCO)C1. The average Bonchev–Trinajstić information content (AvgIpc) is 2.57. The predicted molar refractivity (Wildman–Crippen MR) is 49.0 cm³/mol. The number of rotatable bonds is 3. The number of aliphatic hydroxyl groups excluding tert-OH is 1. The second-order valence-electron chi connectivity index (χ2n) is 4.62. The van der Waals surface area contributed by atoms with E-state index in [0.717, 1.165) is 12.3 Å². The second kappa shape index (κ2) is 3.00. The van der Waals surface area contributed by atoms with Gasteiger partial charge in [0.15, 0.2) is 0 Å². The molecule has 1 spiro atoms. The lowest BCUT2D eigenvalue weighted by atomic mass is 10.0. The summed E-state index contributed by atoms with van der Waals surface area (Å²) in [7, 11) is 2.22. The fourth-order valence-corrected chi connectivity index (χ4v) is 2.79. The number of aliphatic hydroxyl groups is 1. The molecule has 0 aromatic carbocycles. The lowest BCUT2D eigenvalue weighted by molar-refractivity contribution is 0.275. The third kappa shape index (κ3) is 1.38. The van der Waals surface area contributed by atoms with E-state index < -0.39 is 0 Å². The number of nitrogens with zero attached hydrogens (tertiary/aromatic N) is 1. The number of hydrogen-bond acceptors (Lipinski definition) is 2. The van der Waals surface area contributed by atoms with Crippen LogP contribution in [-0.4, -0.2) is 36.8 Å². The Morgan fingerprint density at radius 1 is 1.58 bits per heavy atom. The minimum absolute atomic E-state index is 0.377. The quantitative estimate of drug-likeness (QED) is 0.684. The van der Waals surface area contributed by atoms with Crippen LogP contribution in [0.3, 0.4) is 0 Å². The van der Waals surface area contributed by atoms with Gasteiger partial charge in [-0.05, 0) is 50.6 Å². The van der Waals surface area contributed by atoms with Crippen molar-refractivity contribution in [3.05, 3.63) is 0 Å². The van der Waals surface area contributed by atoms with E-state index in [1.807, 2.05) is 0 Å². The van der Waals surface area contributed by atoms with Gasteiger partial charge in [-0.15, -0.1) is 0 Å². The Hall–Kier alpha value is -0.0800. The second-order valence-corrected chi connectivity index (χ2v) is 4.62. The summed E-state index contributed by atoms with van der Waals surface area (Å²) < 4.78 is 0. The van der Waals surface area contributed by atoms with Crippen molar-refractivity contribution in [1.29, 1.82) is 0 Å². The van der Waals surface area contributed by atoms with Crippen LogP contribution in [0.5, 0.6) is 0 Å². The third-order valence-corrected chi connectivity index (χ3v) is 3.65. The molecular formula is C10H19NO. The van der Waals surface area contributed by atoms with Crippen molar-refractivity contribution < 1.29 is 5.11 Å². The summed E-state index contributed by atoms with van der Waals surface area (Å²) in [5, 5.41) is 8.72. The lowest BCUT2D eigenvalue weighted by Crippen LogP contribution is -2.15. The van der Waals surface area contributed by atoms with E-state index in [0.29, 0.717) is 12.0 Å². The van der Waals surface area contributed by atoms with Crippen LogP contribution in [0.25, 0.3) is 0 Å². The summed E-state index contributed by atoms with van der Waals surface area (Å²) >= 11 is 0. The molecule has 2 nitrogen and oxygen atoms in total. The topological polar surface area (TPSA) is 23.5 Å². The molecular weight excluding hydrogens is 150 g/mol. The van der Waals surface area contributed by atoms with Crippen LogP contribution < -0.4 is 0 Å². The molecule has 2 aliphatic rings. The minimum Gasteiger partial charge on any atom is -0.396 e. The Balaban J connectivity index is 1.78. The van der Waals surface area contributed by atoms with Gasteiger partial charge < -0.3 is 10.0 Å². The normalized spacial score (nSPS) is 41.0. The van der Waals surface area contributed by atoms with Crippen LogP contribution in [0.15, 0.2) is 0 Å². The molecule has 2 heteroatoms. The fourth-order valence-electron chi connectivity index (χ4n) is 2.79. The molecule has 0 bridgehead atoms. The maximum absolute atomic E-state index is 8.72. The van der Waals surface area contributed by atoms with Gasteiger partial charge in [0.05, 0.1) is 0 Å². The summed E-state index contributed by atoms with van der Waals surface area (Å²) in [6.07, 6.45) is 5.09. The largest absolute Gasteiger partial charge is 0.396 e. The monoisotopic (exact) mass is 169 g/mol. The first kappa shape index (κ1) is 8.52. The Bertz CT molecular complexity index is 169. The van der Waals surface area contributed by atoms with E-state index in [1.54, 1.807) is 0 Å². The molecule has 1 saturated carbocycles. The zero-order chi connectivity index (χ0) is 8.60. The Morgan fingerprint density at radius 2 is 2.42 bits per heavy atom. The van der Waals surface area contributed by atoms with Gasteiger partial charge in [0.1, 0.15) is 0 Å². The standard InChI is InChI=1S/C10H19NO/c1-11-5-4-10(8-11)7-9(10)3-2-6-12/h9,12H,2-8H2,1H3. The summed E-state index contributed by atoms with van der Waals surface area (Å²) in [5.41, 5.74) is 0.698. The summed E-state index contributed by atoms with van der Waals surface area (Å²) in [4.78, 5) is 2.44. The van der Waals surface area contributed by atoms with E-state index in [4.69, 9.17) is 5.11 Å². The molecule has 2 fully saturated rings. The van der Waals surface area contributed by atoms with E-state index in [1.165, 1.54) is 32.4 Å². The van der Waals surface area contributed by atoms with E-state index >= 15 is 0 Å². The van der Waals surface area contributed by atoms with Crippen LogP contribution in [0, 0.1) is 11.3 Å². The number of hydrogen-bond donors (Lipinski definition) is 1. The van der Waals surface area contributed by atoms with E-state index in [-0.39, 0.29) is 0 Å². The maximum atomic E-state index is 8.72. The van der Waals surface area contributed by atoms with Gasteiger partial charge in [-0.3, -0.25) is 0 Å². The van der Waals surface area contributed by atoms with Crippen molar-refractivity contribution in [3.8, 4) is 0 Å². The molecule has 1 saturated heterocycles. The Kier molecular flexibility index (Phi) is 2.13. The third-order valence-electron chi connectivity index (χ3n) is 3.65. The highest BCUT2D eigenvalue weighted by Gasteiger charge is 2.55. The first-order valence-corrected chi connectivity index (χ1v) is 5.06. The molecule has 1 aliphatic heterocycles. The minimum atomic E-state index is 0.377. The predicted octanol–water partition coefficient (Wildman–Crippen LogP) is 1.10. The van der Waals surface area contributed by atoms with Crippen LogP contribution in [0.1, 0.15) is 25.7 Å². The first-order valence-electron chi connectivity index (χ1n) is 5.06. The molecule has 2 rings (SSSR count). The van der Waals surface area contributed by atoms with Crippen molar-refractivity contribution in [1.82, 2.24) is 4.90 Å². The average molecular weight is 169 g/mol. The Morgan fingerprint density at radius 3 is 3.00 bits per heavy atom. The highest BCUT2D eigenvalue weighted by atomic mass is 16.2. The molecule has 12 heavy (non-hydrogen) atoms. The van der Waals surface area contributed by atoms with E-state index in [2.05, 4.69) is 11.9 Å². The summed E-state index contributed by atoms with van der Waals surface area (Å²) in [5.74, 6) is 0.939. The van der Waals surface area contributed by atoms with Crippen molar-refractivity contribution >= 4 is 0 Å². The number of likely N-dealkylation sites (tertiary alicyclic amines) is 1. The van der Waals surface area contributed by atoms with Crippen LogP contribution in [0.4, 0.5) is 0 Å². The molecule has 1 N–H and O–H groups in total. The van der Waals surface area contributed by atoms with Gasteiger partial charge in [-0.1, -0.05) is 0 Å². The summed E-state index contributed by atoms with van der Waals surface area (Å²) in [6.45, 7) is 2.97. The summed E-state index contributed by atoms with van der Waals surface area (Å²) in [6, 6.07) is 0. The molecule has 1 heterocycles. The van der Waals surface area contributed by atoms with Crippen LogP contribution in [0.2, 0.25) is 0 Å². The maximum Gasteiger partial charge on any atom is 0.0431 e. The van der Waals surface area contributed by atoms with Gasteiger partial charge >= 0.3 is 0 Å². The highest BCUT2D eigenvalue weighted by Crippen LogP contribution is 2.60. The van der Waals surface area contributed by atoms with Gasteiger partial charge in [0, 0.05) is 13.2 Å². The van der Waals surface area contributed by atoms with Crippen molar-refractivity contribution in [2.75, 3.05) is 26.7 Å².